The molecule has 22 heavy (non-hydrogen) atoms. The number of nitrogens with zero attached hydrogens (tertiary/aromatic N) is 2. The van der Waals surface area contributed by atoms with E-state index in [1.807, 2.05) is 0 Å². The molecule has 1 heterocycles. The van der Waals surface area contributed by atoms with E-state index in [1.165, 1.54) is 24.3 Å². The molecule has 0 spiro atoms. The fraction of sp³-hybridized carbons (Fsp3) is 0.154. The number of nitro benzene ring substituents is 1. The van der Waals surface area contributed by atoms with Gasteiger partial charge in [-0.3, -0.25) is 19.8 Å². The molecule has 0 N–H and O–H groups in total. The summed E-state index contributed by atoms with van der Waals surface area (Å²) in [7, 11) is 0. The number of carboxylic acid groups (broad SMARTS) is 1. The van der Waals surface area contributed by atoms with E-state index in [0.29, 0.717) is 0 Å². The lowest BCUT2D eigenvalue weighted by molar-refractivity contribution is -0.385. The van der Waals surface area contributed by atoms with Crippen LogP contribution in [0.25, 0.3) is 6.08 Å². The first-order valence-corrected chi connectivity index (χ1v) is 7.31. The molecule has 1 fully saturated rings. The van der Waals surface area contributed by atoms with Gasteiger partial charge in [0.1, 0.15) is 4.32 Å². The summed E-state index contributed by atoms with van der Waals surface area (Å²) in [5.74, 6) is -1.74. The molecular weight excluding hydrogens is 328 g/mol. The number of hydrogen-bond acceptors (Lipinski definition) is 7. The number of amides is 1. The maximum atomic E-state index is 12.2. The molecule has 7 nitrogen and oxygen atoms in total. The summed E-state index contributed by atoms with van der Waals surface area (Å²) in [5, 5.41) is 21.4. The lowest BCUT2D eigenvalue weighted by atomic mass is 10.1. The van der Waals surface area contributed by atoms with E-state index in [-0.39, 0.29) is 33.4 Å². The first-order chi connectivity index (χ1) is 10.4. The second-order valence-corrected chi connectivity index (χ2v) is 5.95. The zero-order valence-corrected chi connectivity index (χ0v) is 12.7. The van der Waals surface area contributed by atoms with Gasteiger partial charge in [0.15, 0.2) is 0 Å². The van der Waals surface area contributed by atoms with E-state index in [4.69, 9.17) is 12.2 Å². The van der Waals surface area contributed by atoms with E-state index < -0.39 is 16.8 Å². The Balaban J connectivity index is 2.27. The molecule has 0 atom stereocenters. The Kier molecular flexibility index (Phi) is 4.88. The largest absolute Gasteiger partial charge is 0.550 e. The lowest BCUT2D eigenvalue weighted by Gasteiger charge is -2.14. The second-order valence-electron chi connectivity index (χ2n) is 4.27. The maximum absolute atomic E-state index is 12.2. The van der Waals surface area contributed by atoms with E-state index in [9.17, 15) is 24.8 Å². The molecule has 0 radical (unpaired) electrons. The van der Waals surface area contributed by atoms with Gasteiger partial charge in [-0.05, 0) is 12.1 Å². The van der Waals surface area contributed by atoms with Crippen molar-refractivity contribution in [3.63, 3.8) is 0 Å². The van der Waals surface area contributed by atoms with Gasteiger partial charge in [-0.25, -0.2) is 0 Å². The highest BCUT2D eigenvalue weighted by molar-refractivity contribution is 8.26. The van der Waals surface area contributed by atoms with Crippen LogP contribution in [-0.2, 0) is 9.59 Å². The van der Waals surface area contributed by atoms with Crippen LogP contribution in [0.1, 0.15) is 12.0 Å². The number of carbonyl (C=O) groups is 2. The molecule has 9 heteroatoms. The van der Waals surface area contributed by atoms with Gasteiger partial charge in [0.25, 0.3) is 11.6 Å². The van der Waals surface area contributed by atoms with Crippen molar-refractivity contribution in [2.75, 3.05) is 6.54 Å². The van der Waals surface area contributed by atoms with Gasteiger partial charge < -0.3 is 9.90 Å². The normalized spacial score (nSPS) is 16.4. The number of thioether (sulfide) groups is 1. The van der Waals surface area contributed by atoms with Crippen molar-refractivity contribution < 1.29 is 19.6 Å². The number of hydrogen-bond donors (Lipinski definition) is 0. The van der Waals surface area contributed by atoms with Crippen LogP contribution in [0, 0.1) is 10.1 Å². The first-order valence-electron chi connectivity index (χ1n) is 6.09. The molecule has 1 saturated heterocycles. The third-order valence-electron chi connectivity index (χ3n) is 2.83. The molecular formula is C13H9N2O5S2-. The van der Waals surface area contributed by atoms with Crippen LogP contribution in [0.2, 0.25) is 0 Å². The molecule has 114 valence electrons. The smallest absolute Gasteiger partial charge is 0.276 e. The molecule has 0 aliphatic carbocycles. The minimum Gasteiger partial charge on any atom is -0.550 e. The molecule has 0 saturated carbocycles. The van der Waals surface area contributed by atoms with Crippen molar-refractivity contribution in [3.8, 4) is 0 Å². The van der Waals surface area contributed by atoms with Crippen LogP contribution in [0.15, 0.2) is 29.2 Å². The number of carbonyl (C=O) groups excluding carboxylic acids is 2. The molecule has 1 aliphatic heterocycles. The number of aliphatic carboxylic acids is 1. The fourth-order valence-corrected chi connectivity index (χ4v) is 3.11. The summed E-state index contributed by atoms with van der Waals surface area (Å²) in [6, 6.07) is 6.00. The van der Waals surface area contributed by atoms with E-state index in [0.717, 1.165) is 16.7 Å². The van der Waals surface area contributed by atoms with E-state index >= 15 is 0 Å². The van der Waals surface area contributed by atoms with Crippen molar-refractivity contribution in [2.24, 2.45) is 0 Å². The zero-order valence-electron chi connectivity index (χ0n) is 11.1. The van der Waals surface area contributed by atoms with Crippen LogP contribution < -0.4 is 5.11 Å². The quantitative estimate of drug-likeness (QED) is 0.341. The number of para-hydroxylation sites is 1. The Labute approximate surface area is 134 Å². The number of rotatable bonds is 5. The van der Waals surface area contributed by atoms with E-state index in [2.05, 4.69) is 0 Å². The minimum atomic E-state index is -1.28. The highest BCUT2D eigenvalue weighted by Crippen LogP contribution is 2.34. The summed E-state index contributed by atoms with van der Waals surface area (Å²) >= 11 is 6.01. The minimum absolute atomic E-state index is 0.0821. The summed E-state index contributed by atoms with van der Waals surface area (Å²) in [6.07, 6.45) is 1.06. The Hall–Kier alpha value is -2.26. The van der Waals surface area contributed by atoms with Gasteiger partial charge in [-0.15, -0.1) is 0 Å². The highest BCUT2D eigenvalue weighted by Gasteiger charge is 2.32. The van der Waals surface area contributed by atoms with Crippen molar-refractivity contribution in [3.05, 3.63) is 44.8 Å². The third kappa shape index (κ3) is 3.49. The van der Waals surface area contributed by atoms with Gasteiger partial charge in [0.05, 0.1) is 15.4 Å². The Morgan fingerprint density at radius 3 is 2.73 bits per heavy atom. The van der Waals surface area contributed by atoms with Gasteiger partial charge >= 0.3 is 0 Å². The standard InChI is InChI=1S/C13H10N2O5S2/c16-11(17)5-6-14-12(18)10(22-13(14)21)7-8-3-1-2-4-9(8)15(19)20/h1-4,7H,5-6H2,(H,16,17)/p-1/b10-7+. The molecule has 0 unspecified atom stereocenters. The van der Waals surface area contributed by atoms with E-state index in [1.54, 1.807) is 6.07 Å². The maximum Gasteiger partial charge on any atom is 0.276 e. The van der Waals surface area contributed by atoms with Crippen molar-refractivity contribution in [2.45, 2.75) is 6.42 Å². The second kappa shape index (κ2) is 6.67. The van der Waals surface area contributed by atoms with Crippen LogP contribution in [-0.4, -0.2) is 32.6 Å². The summed E-state index contributed by atoms with van der Waals surface area (Å²) in [5.41, 5.74) is 0.162. The van der Waals surface area contributed by atoms with Crippen LogP contribution in [0.4, 0.5) is 5.69 Å². The van der Waals surface area contributed by atoms with Crippen molar-refractivity contribution in [1.29, 1.82) is 0 Å². The average Bonchev–Trinajstić information content (AvgIpc) is 2.71. The van der Waals surface area contributed by atoms with Gasteiger partial charge in [0.2, 0.25) is 0 Å². The Bertz CT molecular complexity index is 701. The predicted molar refractivity (Wildman–Crippen MR) is 82.6 cm³/mol. The molecule has 1 aromatic carbocycles. The monoisotopic (exact) mass is 337 g/mol. The number of carboxylic acids is 1. The van der Waals surface area contributed by atoms with Crippen molar-refractivity contribution >= 4 is 51.9 Å². The van der Waals surface area contributed by atoms with Crippen LogP contribution in [0.3, 0.4) is 0 Å². The molecule has 0 aromatic heterocycles. The highest BCUT2D eigenvalue weighted by atomic mass is 32.2. The molecule has 1 aliphatic rings. The summed E-state index contributed by atoms with van der Waals surface area (Å²) in [6.45, 7) is -0.0821. The number of nitro groups is 1. The zero-order chi connectivity index (χ0) is 16.3. The number of thiocarbonyl (C=S) groups is 1. The predicted octanol–water partition coefficient (Wildman–Crippen LogP) is 0.936. The SMILES string of the molecule is O=C([O-])CCN1C(=O)/C(=C\c2ccccc2[N+](=O)[O-])SC1=S. The Morgan fingerprint density at radius 1 is 1.41 bits per heavy atom. The van der Waals surface area contributed by atoms with Gasteiger partial charge in [-0.1, -0.05) is 36.1 Å². The summed E-state index contributed by atoms with van der Waals surface area (Å²) in [4.78, 5) is 34.4. The molecule has 1 amide bonds. The van der Waals surface area contributed by atoms with Gasteiger partial charge in [-0.2, -0.15) is 0 Å². The third-order valence-corrected chi connectivity index (χ3v) is 4.21. The van der Waals surface area contributed by atoms with Crippen LogP contribution >= 0.6 is 24.0 Å². The summed E-state index contributed by atoms with van der Waals surface area (Å²) < 4.78 is 0.219. The first kappa shape index (κ1) is 16.1. The van der Waals surface area contributed by atoms with Crippen molar-refractivity contribution in [1.82, 2.24) is 4.90 Å². The Morgan fingerprint density at radius 2 is 2.09 bits per heavy atom. The molecule has 2 rings (SSSR count). The van der Waals surface area contributed by atoms with Crippen LogP contribution in [0.5, 0.6) is 0 Å². The topological polar surface area (TPSA) is 104 Å². The average molecular weight is 337 g/mol. The van der Waals surface area contributed by atoms with Gasteiger partial charge in [0, 0.05) is 25.0 Å². The lowest BCUT2D eigenvalue weighted by Crippen LogP contribution is -2.33. The number of benzene rings is 1. The molecule has 1 aromatic rings. The molecule has 0 bridgehead atoms. The fourth-order valence-electron chi connectivity index (χ4n) is 1.81.